The van der Waals surface area contributed by atoms with E-state index in [1.807, 2.05) is 0 Å². The minimum atomic E-state index is -4.88. The van der Waals surface area contributed by atoms with Crippen LogP contribution in [0.4, 0.5) is 22.0 Å². The molecule has 0 atom stereocenters. The molecule has 0 N–H and O–H groups in total. The highest BCUT2D eigenvalue weighted by molar-refractivity contribution is 5.81. The van der Waals surface area contributed by atoms with E-state index >= 15 is 0 Å². The minimum absolute atomic E-state index is 0.0170. The maximum Gasteiger partial charge on any atom is 0.419 e. The summed E-state index contributed by atoms with van der Waals surface area (Å²) < 4.78 is 68.9. The zero-order valence-corrected chi connectivity index (χ0v) is 15.7. The first-order chi connectivity index (χ1) is 14.0. The SMILES string of the molecule is CC1(F)CN(C(=O)Cn2ccn3ccc(-c4ccc(F)c(C(F)(F)F)c4)c3c2=O)C1. The second kappa shape index (κ2) is 6.68. The van der Waals surface area contributed by atoms with Crippen LogP contribution in [0, 0.1) is 5.82 Å². The molecule has 158 valence electrons. The Hall–Kier alpha value is -3.17. The second-order valence-corrected chi connectivity index (χ2v) is 7.57. The Labute approximate surface area is 166 Å². The first kappa shape index (κ1) is 20.1. The van der Waals surface area contributed by atoms with Crippen LogP contribution in [0.3, 0.4) is 0 Å². The molecule has 30 heavy (non-hydrogen) atoms. The fourth-order valence-electron chi connectivity index (χ4n) is 3.59. The highest BCUT2D eigenvalue weighted by Crippen LogP contribution is 2.35. The number of hydrogen-bond acceptors (Lipinski definition) is 2. The van der Waals surface area contributed by atoms with Crippen LogP contribution < -0.4 is 5.56 Å². The number of hydrogen-bond donors (Lipinski definition) is 0. The molecule has 4 rings (SSSR count). The third-order valence-corrected chi connectivity index (χ3v) is 5.07. The van der Waals surface area contributed by atoms with Gasteiger partial charge in [-0.15, -0.1) is 0 Å². The Morgan fingerprint density at radius 2 is 1.83 bits per heavy atom. The molecule has 1 aromatic carbocycles. The quantitative estimate of drug-likeness (QED) is 0.604. The maximum atomic E-state index is 13.6. The van der Waals surface area contributed by atoms with Gasteiger partial charge in [-0.05, 0) is 30.7 Å². The molecule has 3 heterocycles. The van der Waals surface area contributed by atoms with Crippen molar-refractivity contribution in [2.75, 3.05) is 13.1 Å². The Morgan fingerprint density at radius 1 is 1.13 bits per heavy atom. The van der Waals surface area contributed by atoms with E-state index in [-0.39, 0.29) is 36.3 Å². The summed E-state index contributed by atoms with van der Waals surface area (Å²) in [6.07, 6.45) is -0.544. The average molecular weight is 425 g/mol. The van der Waals surface area contributed by atoms with E-state index in [1.165, 1.54) is 40.9 Å². The van der Waals surface area contributed by atoms with Crippen molar-refractivity contribution in [1.29, 1.82) is 0 Å². The second-order valence-electron chi connectivity index (χ2n) is 7.57. The van der Waals surface area contributed by atoms with E-state index in [4.69, 9.17) is 0 Å². The van der Waals surface area contributed by atoms with E-state index in [1.54, 1.807) is 0 Å². The summed E-state index contributed by atoms with van der Waals surface area (Å²) in [5.74, 6) is -1.85. The number of carbonyl (C=O) groups is 1. The van der Waals surface area contributed by atoms with Gasteiger partial charge in [0.1, 0.15) is 23.5 Å². The van der Waals surface area contributed by atoms with Crippen LogP contribution in [0.1, 0.15) is 12.5 Å². The number of nitrogens with zero attached hydrogens (tertiary/aromatic N) is 3. The number of benzene rings is 1. The summed E-state index contributed by atoms with van der Waals surface area (Å²) in [7, 11) is 0. The Balaban J connectivity index is 1.73. The molecule has 1 aliphatic heterocycles. The van der Waals surface area contributed by atoms with Crippen LogP contribution >= 0.6 is 0 Å². The smallest absolute Gasteiger partial charge is 0.335 e. The molecule has 1 saturated heterocycles. The van der Waals surface area contributed by atoms with Gasteiger partial charge in [-0.3, -0.25) is 9.59 Å². The van der Waals surface area contributed by atoms with Crippen molar-refractivity contribution in [2.24, 2.45) is 0 Å². The molecule has 5 nitrogen and oxygen atoms in total. The number of alkyl halides is 4. The van der Waals surface area contributed by atoms with Gasteiger partial charge in [0.25, 0.3) is 5.56 Å². The van der Waals surface area contributed by atoms with Crippen molar-refractivity contribution >= 4 is 11.4 Å². The topological polar surface area (TPSA) is 46.7 Å². The number of aromatic nitrogens is 2. The summed E-state index contributed by atoms with van der Waals surface area (Å²) in [6, 6.07) is 3.95. The molecular weight excluding hydrogens is 409 g/mol. The zero-order valence-electron chi connectivity index (χ0n) is 15.7. The van der Waals surface area contributed by atoms with Crippen LogP contribution in [0.25, 0.3) is 16.6 Å². The van der Waals surface area contributed by atoms with Crippen molar-refractivity contribution in [1.82, 2.24) is 13.9 Å². The van der Waals surface area contributed by atoms with E-state index < -0.39 is 34.7 Å². The summed E-state index contributed by atoms with van der Waals surface area (Å²) in [6.45, 7) is 0.928. The molecule has 0 radical (unpaired) electrons. The molecule has 0 bridgehead atoms. The summed E-state index contributed by atoms with van der Waals surface area (Å²) in [4.78, 5) is 26.5. The van der Waals surface area contributed by atoms with E-state index in [0.29, 0.717) is 12.1 Å². The largest absolute Gasteiger partial charge is 0.419 e. The van der Waals surface area contributed by atoms with Crippen molar-refractivity contribution in [3.8, 4) is 11.1 Å². The molecular formula is C20H16F5N3O2. The highest BCUT2D eigenvalue weighted by atomic mass is 19.4. The van der Waals surface area contributed by atoms with Crippen LogP contribution in [0.5, 0.6) is 0 Å². The standard InChI is InChI=1S/C20H16F5N3O2/c1-19(22)10-28(11-19)16(29)9-27-7-6-26-5-4-13(17(26)18(27)30)12-2-3-15(21)14(8-12)20(23,24)25/h2-8H,9-11H2,1H3. The molecule has 0 unspecified atom stereocenters. The maximum absolute atomic E-state index is 13.6. The fraction of sp³-hybridized carbons (Fsp3) is 0.300. The Morgan fingerprint density at radius 3 is 2.47 bits per heavy atom. The molecule has 3 aromatic rings. The van der Waals surface area contributed by atoms with Gasteiger partial charge in [-0.25, -0.2) is 8.78 Å². The monoisotopic (exact) mass is 425 g/mol. The van der Waals surface area contributed by atoms with Crippen LogP contribution in [0.15, 0.2) is 47.7 Å². The van der Waals surface area contributed by atoms with Gasteiger partial charge in [0.05, 0.1) is 18.7 Å². The minimum Gasteiger partial charge on any atom is -0.335 e. The van der Waals surface area contributed by atoms with E-state index in [2.05, 4.69) is 0 Å². The lowest BCUT2D eigenvalue weighted by Crippen LogP contribution is -2.60. The lowest BCUT2D eigenvalue weighted by Gasteiger charge is -2.42. The van der Waals surface area contributed by atoms with Gasteiger partial charge < -0.3 is 13.9 Å². The summed E-state index contributed by atoms with van der Waals surface area (Å²) >= 11 is 0. The van der Waals surface area contributed by atoms with Gasteiger partial charge in [0.15, 0.2) is 0 Å². The number of likely N-dealkylation sites (tertiary alicyclic amines) is 1. The molecule has 1 amide bonds. The lowest BCUT2D eigenvalue weighted by molar-refractivity contribution is -0.144. The predicted molar refractivity (Wildman–Crippen MR) is 98.1 cm³/mol. The number of rotatable bonds is 3. The van der Waals surface area contributed by atoms with Crippen LogP contribution in [-0.4, -0.2) is 38.5 Å². The van der Waals surface area contributed by atoms with Crippen molar-refractivity contribution in [2.45, 2.75) is 25.3 Å². The number of halogens is 5. The zero-order chi connectivity index (χ0) is 21.8. The van der Waals surface area contributed by atoms with Gasteiger partial charge in [0, 0.05) is 24.2 Å². The summed E-state index contributed by atoms with van der Waals surface area (Å²) in [5.41, 5.74) is -3.25. The van der Waals surface area contributed by atoms with Gasteiger partial charge in [-0.2, -0.15) is 13.2 Å². The Bertz CT molecular complexity index is 1200. The van der Waals surface area contributed by atoms with E-state index in [9.17, 15) is 31.5 Å². The normalized spacial score (nSPS) is 16.0. The van der Waals surface area contributed by atoms with Crippen molar-refractivity contribution in [3.05, 3.63) is 64.6 Å². The van der Waals surface area contributed by atoms with Gasteiger partial charge >= 0.3 is 6.18 Å². The molecule has 1 fully saturated rings. The number of fused-ring (bicyclic) bond motifs is 1. The summed E-state index contributed by atoms with van der Waals surface area (Å²) in [5, 5.41) is 0. The van der Waals surface area contributed by atoms with E-state index in [0.717, 1.165) is 10.6 Å². The van der Waals surface area contributed by atoms with Gasteiger partial charge in [0.2, 0.25) is 5.91 Å². The molecule has 1 aliphatic rings. The molecule has 0 spiro atoms. The predicted octanol–water partition coefficient (Wildman–Crippen LogP) is 3.50. The van der Waals surface area contributed by atoms with Crippen LogP contribution in [0.2, 0.25) is 0 Å². The third-order valence-electron chi connectivity index (χ3n) is 5.07. The lowest BCUT2D eigenvalue weighted by atomic mass is 9.99. The van der Waals surface area contributed by atoms with Crippen LogP contribution in [-0.2, 0) is 17.5 Å². The third kappa shape index (κ3) is 3.46. The molecule has 0 saturated carbocycles. The highest BCUT2D eigenvalue weighted by Gasteiger charge is 2.41. The number of carbonyl (C=O) groups excluding carboxylic acids is 1. The molecule has 10 heteroatoms. The molecule has 2 aromatic heterocycles. The number of amides is 1. The first-order valence-electron chi connectivity index (χ1n) is 9.00. The van der Waals surface area contributed by atoms with Gasteiger partial charge in [-0.1, -0.05) is 6.07 Å². The van der Waals surface area contributed by atoms with Crippen molar-refractivity contribution < 1.29 is 26.7 Å². The fourth-order valence-corrected chi connectivity index (χ4v) is 3.59. The average Bonchev–Trinajstić information content (AvgIpc) is 3.06. The first-order valence-corrected chi connectivity index (χ1v) is 9.00. The van der Waals surface area contributed by atoms with Crippen molar-refractivity contribution in [3.63, 3.8) is 0 Å². The Kier molecular flexibility index (Phi) is 4.48. The molecule has 0 aliphatic carbocycles.